The number of carbonyl (C=O) groups excluding carboxylic acids is 1. The molecule has 1 fully saturated rings. The van der Waals surface area contributed by atoms with E-state index in [1.807, 2.05) is 0 Å². The molecule has 1 amide bonds. The molecule has 1 saturated heterocycles. The van der Waals surface area contributed by atoms with E-state index in [2.05, 4.69) is 0 Å². The number of rotatable bonds is 4. The number of hydrogen-bond acceptors (Lipinski definition) is 3. The van der Waals surface area contributed by atoms with E-state index in [4.69, 9.17) is 10.2 Å². The van der Waals surface area contributed by atoms with E-state index in [0.717, 1.165) is 25.0 Å². The average molecular weight is 227 g/mol. The molecule has 0 spiro atoms. The number of carboxylic acid groups (broad SMARTS) is 1. The van der Waals surface area contributed by atoms with E-state index >= 15 is 0 Å². The highest BCUT2D eigenvalue weighted by Crippen LogP contribution is 2.19. The van der Waals surface area contributed by atoms with Crippen LogP contribution in [0.3, 0.4) is 0 Å². The quantitative estimate of drug-likeness (QED) is 0.675. The molecule has 16 heavy (non-hydrogen) atoms. The lowest BCUT2D eigenvalue weighted by molar-refractivity contribution is -0.132. The van der Waals surface area contributed by atoms with Crippen LogP contribution in [0.5, 0.6) is 0 Å². The van der Waals surface area contributed by atoms with Crippen molar-refractivity contribution in [3.8, 4) is 0 Å². The zero-order valence-electron chi connectivity index (χ0n) is 9.13. The first-order chi connectivity index (χ1) is 7.63. The highest BCUT2D eigenvalue weighted by atomic mass is 16.4. The summed E-state index contributed by atoms with van der Waals surface area (Å²) in [6.07, 6.45) is 4.58. The summed E-state index contributed by atoms with van der Waals surface area (Å²) in [6, 6.07) is 0. The minimum absolute atomic E-state index is 0.137. The van der Waals surface area contributed by atoms with Crippen LogP contribution in [0.25, 0.3) is 0 Å². The van der Waals surface area contributed by atoms with E-state index < -0.39 is 5.97 Å². The Morgan fingerprint density at radius 2 is 2.12 bits per heavy atom. The van der Waals surface area contributed by atoms with Gasteiger partial charge in [0.25, 0.3) is 0 Å². The Balaban J connectivity index is 2.46. The third-order valence-electron chi connectivity index (χ3n) is 2.74. The van der Waals surface area contributed by atoms with E-state index in [0.29, 0.717) is 25.4 Å². The molecular weight excluding hydrogens is 210 g/mol. The van der Waals surface area contributed by atoms with Crippen molar-refractivity contribution < 1.29 is 19.8 Å². The van der Waals surface area contributed by atoms with E-state index in [1.54, 1.807) is 4.90 Å². The van der Waals surface area contributed by atoms with Crippen molar-refractivity contribution >= 4 is 11.9 Å². The number of hydrogen-bond donors (Lipinski definition) is 2. The summed E-state index contributed by atoms with van der Waals surface area (Å²) in [6.45, 7) is 1.42. The first-order valence-corrected chi connectivity index (χ1v) is 5.44. The Labute approximate surface area is 94.4 Å². The maximum absolute atomic E-state index is 11.6. The number of piperidine rings is 1. The molecule has 0 bridgehead atoms. The number of carbonyl (C=O) groups is 2. The number of aliphatic carboxylic acids is 1. The van der Waals surface area contributed by atoms with Crippen LogP contribution in [0, 0.1) is 5.92 Å². The number of carboxylic acids is 1. The summed E-state index contributed by atoms with van der Waals surface area (Å²) < 4.78 is 0. The van der Waals surface area contributed by atoms with Gasteiger partial charge in [-0.05, 0) is 25.2 Å². The molecule has 90 valence electrons. The fraction of sp³-hybridized carbons (Fsp3) is 0.636. The molecule has 2 N–H and O–H groups in total. The molecular formula is C11H17NO4. The lowest BCUT2D eigenvalue weighted by Crippen LogP contribution is -2.39. The molecule has 1 aliphatic heterocycles. The average Bonchev–Trinajstić information content (AvgIpc) is 2.26. The molecule has 0 saturated carbocycles. The van der Waals surface area contributed by atoms with Crippen LogP contribution < -0.4 is 0 Å². The molecule has 0 aromatic rings. The van der Waals surface area contributed by atoms with Gasteiger partial charge in [0.05, 0.1) is 0 Å². The number of nitrogens with zero attached hydrogens (tertiary/aromatic N) is 1. The molecule has 1 unspecified atom stereocenters. The summed E-state index contributed by atoms with van der Waals surface area (Å²) in [5.41, 5.74) is 0. The van der Waals surface area contributed by atoms with Gasteiger partial charge in [0.2, 0.25) is 5.91 Å². The Morgan fingerprint density at radius 1 is 1.38 bits per heavy atom. The van der Waals surface area contributed by atoms with Crippen LogP contribution in [0.15, 0.2) is 12.2 Å². The standard InChI is InChI=1S/C11H17NO4/c13-7-5-9-2-1-6-12(8-9)10(14)3-4-11(15)16/h3-4,9,13H,1-2,5-8H2,(H,15,16)/b4-3+. The predicted octanol–water partition coefficient (Wildman–Crippen LogP) is 0.248. The van der Waals surface area contributed by atoms with Gasteiger partial charge in [-0.2, -0.15) is 0 Å². The second kappa shape index (κ2) is 6.27. The van der Waals surface area contributed by atoms with Crippen LogP contribution in [0.2, 0.25) is 0 Å². The molecule has 0 aliphatic carbocycles. The van der Waals surface area contributed by atoms with Gasteiger partial charge in [-0.25, -0.2) is 4.79 Å². The molecule has 5 heteroatoms. The first kappa shape index (κ1) is 12.7. The molecule has 1 rings (SSSR count). The van der Waals surface area contributed by atoms with Gasteiger partial charge in [-0.15, -0.1) is 0 Å². The van der Waals surface area contributed by atoms with Crippen molar-refractivity contribution in [3.63, 3.8) is 0 Å². The summed E-state index contributed by atoms with van der Waals surface area (Å²) in [7, 11) is 0. The maximum atomic E-state index is 11.6. The highest BCUT2D eigenvalue weighted by molar-refractivity contribution is 5.93. The first-order valence-electron chi connectivity index (χ1n) is 5.44. The zero-order valence-corrected chi connectivity index (χ0v) is 9.13. The molecule has 1 aliphatic rings. The monoisotopic (exact) mass is 227 g/mol. The fourth-order valence-corrected chi connectivity index (χ4v) is 1.93. The van der Waals surface area contributed by atoms with Crippen LogP contribution >= 0.6 is 0 Å². The third-order valence-corrected chi connectivity index (χ3v) is 2.74. The largest absolute Gasteiger partial charge is 0.478 e. The van der Waals surface area contributed by atoms with Gasteiger partial charge >= 0.3 is 5.97 Å². The van der Waals surface area contributed by atoms with Gasteiger partial charge in [0, 0.05) is 31.8 Å². The number of aliphatic hydroxyl groups is 1. The van der Waals surface area contributed by atoms with Crippen LogP contribution in [0.4, 0.5) is 0 Å². The smallest absolute Gasteiger partial charge is 0.328 e. The van der Waals surface area contributed by atoms with Gasteiger partial charge < -0.3 is 15.1 Å². The summed E-state index contributed by atoms with van der Waals surface area (Å²) >= 11 is 0. The van der Waals surface area contributed by atoms with Gasteiger partial charge in [0.1, 0.15) is 0 Å². The van der Waals surface area contributed by atoms with E-state index in [-0.39, 0.29) is 12.5 Å². The molecule has 0 radical (unpaired) electrons. The normalized spacial score (nSPS) is 21.3. The lowest BCUT2D eigenvalue weighted by Gasteiger charge is -2.31. The Kier molecular flexibility index (Phi) is 4.98. The lowest BCUT2D eigenvalue weighted by atomic mass is 9.95. The minimum atomic E-state index is -1.11. The zero-order chi connectivity index (χ0) is 12.0. The van der Waals surface area contributed by atoms with Gasteiger partial charge in [-0.1, -0.05) is 0 Å². The molecule has 0 aromatic heterocycles. The Morgan fingerprint density at radius 3 is 2.75 bits per heavy atom. The van der Waals surface area contributed by atoms with Gasteiger partial charge in [0.15, 0.2) is 0 Å². The number of amides is 1. The second-order valence-corrected chi connectivity index (χ2v) is 3.98. The Bertz CT molecular complexity index is 286. The van der Waals surface area contributed by atoms with Crippen molar-refractivity contribution in [2.24, 2.45) is 5.92 Å². The SMILES string of the molecule is O=C(O)/C=C/C(=O)N1CCCC(CCO)C1. The minimum Gasteiger partial charge on any atom is -0.478 e. The molecule has 1 heterocycles. The van der Waals surface area contributed by atoms with E-state index in [1.165, 1.54) is 0 Å². The van der Waals surface area contributed by atoms with Crippen molar-refractivity contribution in [1.82, 2.24) is 4.90 Å². The van der Waals surface area contributed by atoms with Gasteiger partial charge in [-0.3, -0.25) is 4.79 Å². The Hall–Kier alpha value is -1.36. The summed E-state index contributed by atoms with van der Waals surface area (Å²) in [4.78, 5) is 23.5. The highest BCUT2D eigenvalue weighted by Gasteiger charge is 2.21. The fourth-order valence-electron chi connectivity index (χ4n) is 1.93. The van der Waals surface area contributed by atoms with E-state index in [9.17, 15) is 9.59 Å². The number of likely N-dealkylation sites (tertiary alicyclic amines) is 1. The topological polar surface area (TPSA) is 77.8 Å². The third kappa shape index (κ3) is 4.02. The molecule has 1 atom stereocenters. The van der Waals surface area contributed by atoms with Crippen LogP contribution in [0.1, 0.15) is 19.3 Å². The molecule has 0 aromatic carbocycles. The predicted molar refractivity (Wildman–Crippen MR) is 57.8 cm³/mol. The maximum Gasteiger partial charge on any atom is 0.328 e. The van der Waals surface area contributed by atoms with Crippen molar-refractivity contribution in [2.75, 3.05) is 19.7 Å². The number of aliphatic hydroxyl groups excluding tert-OH is 1. The van der Waals surface area contributed by atoms with Crippen molar-refractivity contribution in [3.05, 3.63) is 12.2 Å². The molecule has 5 nitrogen and oxygen atoms in total. The van der Waals surface area contributed by atoms with Crippen LogP contribution in [-0.4, -0.2) is 46.7 Å². The summed E-state index contributed by atoms with van der Waals surface area (Å²) in [5.74, 6) is -1.04. The van der Waals surface area contributed by atoms with Crippen molar-refractivity contribution in [1.29, 1.82) is 0 Å². The second-order valence-electron chi connectivity index (χ2n) is 3.98. The van der Waals surface area contributed by atoms with Crippen LogP contribution in [-0.2, 0) is 9.59 Å². The summed E-state index contributed by atoms with van der Waals surface area (Å²) in [5, 5.41) is 17.2. The van der Waals surface area contributed by atoms with Crippen molar-refractivity contribution in [2.45, 2.75) is 19.3 Å².